The number of para-hydroxylation sites is 5. The lowest BCUT2D eigenvalue weighted by Gasteiger charge is -2.33. The van der Waals surface area contributed by atoms with Gasteiger partial charge < -0.3 is 9.80 Å². The van der Waals surface area contributed by atoms with Crippen molar-refractivity contribution in [1.29, 1.82) is 0 Å². The quantitative estimate of drug-likeness (QED) is 0.136. The molecule has 0 fully saturated rings. The first-order chi connectivity index (χ1) is 31.3. The van der Waals surface area contributed by atoms with E-state index in [-0.39, 0.29) is 0 Å². The van der Waals surface area contributed by atoms with Crippen LogP contribution in [-0.2, 0) is 0 Å². The molecular weight excluding hydrogens is 781 g/mol. The molecular formula is C60H42N2S. The predicted octanol–water partition coefficient (Wildman–Crippen LogP) is 17.7. The summed E-state index contributed by atoms with van der Waals surface area (Å²) in [7, 11) is 0. The molecule has 0 unspecified atom stereocenters. The second-order valence-electron chi connectivity index (χ2n) is 15.6. The van der Waals surface area contributed by atoms with Gasteiger partial charge in [-0.25, -0.2) is 0 Å². The van der Waals surface area contributed by atoms with Crippen molar-refractivity contribution in [2.75, 3.05) is 9.80 Å². The van der Waals surface area contributed by atoms with Crippen LogP contribution in [0.15, 0.2) is 255 Å². The molecule has 1 heterocycles. The zero-order valence-electron chi connectivity index (χ0n) is 34.6. The Bertz CT molecular complexity index is 3270. The van der Waals surface area contributed by atoms with Gasteiger partial charge in [0.05, 0.1) is 38.8 Å². The van der Waals surface area contributed by atoms with Gasteiger partial charge in [0.1, 0.15) is 0 Å². The molecule has 2 nitrogen and oxygen atoms in total. The molecule has 1 aromatic heterocycles. The molecule has 10 aromatic carbocycles. The second-order valence-corrected chi connectivity index (χ2v) is 16.7. The van der Waals surface area contributed by atoms with Gasteiger partial charge in [-0.05, 0) is 59.2 Å². The van der Waals surface area contributed by atoms with Crippen LogP contribution >= 0.6 is 11.3 Å². The molecule has 0 N–H and O–H groups in total. The van der Waals surface area contributed by atoms with E-state index in [0.29, 0.717) is 0 Å². The molecule has 0 aliphatic rings. The van der Waals surface area contributed by atoms with Crippen LogP contribution in [0.2, 0.25) is 0 Å². The molecule has 0 radical (unpaired) electrons. The van der Waals surface area contributed by atoms with E-state index < -0.39 is 0 Å². The van der Waals surface area contributed by atoms with Gasteiger partial charge in [-0.1, -0.05) is 212 Å². The van der Waals surface area contributed by atoms with E-state index in [4.69, 9.17) is 0 Å². The van der Waals surface area contributed by atoms with Crippen LogP contribution in [0, 0.1) is 0 Å². The second kappa shape index (κ2) is 16.8. The highest BCUT2D eigenvalue weighted by molar-refractivity contribution is 7.26. The van der Waals surface area contributed by atoms with Gasteiger partial charge in [0.15, 0.2) is 0 Å². The van der Waals surface area contributed by atoms with E-state index in [1.165, 1.54) is 25.7 Å². The SMILES string of the molecule is c1ccc(-c2ccccc2N(c2ccccc2-c2ccccc2)c2ccccc2-c2ccccc2N(c2ccccc2-c2ccccc2)c2cccc3c2sc2ccccc23)cc1. The number of thiophene rings is 1. The Morgan fingerprint density at radius 3 is 0.968 bits per heavy atom. The first-order valence-electron chi connectivity index (χ1n) is 21.4. The van der Waals surface area contributed by atoms with E-state index in [0.717, 1.165) is 73.1 Å². The lowest BCUT2D eigenvalue weighted by molar-refractivity contribution is 1.27. The summed E-state index contributed by atoms with van der Waals surface area (Å²) in [5.41, 5.74) is 15.8. The number of anilines is 6. The Hall–Kier alpha value is -7.98. The lowest BCUT2D eigenvalue weighted by atomic mass is 9.95. The van der Waals surface area contributed by atoms with E-state index in [2.05, 4.69) is 265 Å². The minimum absolute atomic E-state index is 1.08. The number of benzene rings is 10. The smallest absolute Gasteiger partial charge is 0.0640 e. The maximum atomic E-state index is 2.51. The van der Waals surface area contributed by atoms with Gasteiger partial charge in [-0.2, -0.15) is 0 Å². The van der Waals surface area contributed by atoms with Crippen molar-refractivity contribution in [3.63, 3.8) is 0 Å². The van der Waals surface area contributed by atoms with Crippen molar-refractivity contribution in [3.8, 4) is 44.5 Å². The fourth-order valence-corrected chi connectivity index (χ4v) is 10.3. The molecule has 0 aliphatic carbocycles. The number of hydrogen-bond donors (Lipinski definition) is 0. The summed E-state index contributed by atoms with van der Waals surface area (Å²) < 4.78 is 2.53. The van der Waals surface area contributed by atoms with E-state index in [1.807, 2.05) is 11.3 Å². The number of fused-ring (bicyclic) bond motifs is 3. The van der Waals surface area contributed by atoms with E-state index in [9.17, 15) is 0 Å². The zero-order chi connectivity index (χ0) is 42.0. The van der Waals surface area contributed by atoms with Crippen LogP contribution in [0.4, 0.5) is 34.1 Å². The standard InChI is InChI=1S/C60H42N2S/c1-4-23-43(24-5-1)46-29-10-16-36-53(46)61(54-37-17-11-30-47(54)44-25-6-2-7-26-44)56-39-19-13-32-49(56)50-33-14-20-40-57(50)62(55-38-18-12-31-48(55)45-27-8-3-9-28-45)58-41-22-35-52-51-34-15-21-42-59(51)63-60(52)58/h1-42H. The highest BCUT2D eigenvalue weighted by Crippen LogP contribution is 2.52. The molecule has 0 bridgehead atoms. The topological polar surface area (TPSA) is 6.48 Å². The summed E-state index contributed by atoms with van der Waals surface area (Å²) in [5, 5.41) is 2.54. The molecule has 0 spiro atoms. The Kier molecular flexibility index (Phi) is 10.1. The van der Waals surface area contributed by atoms with Gasteiger partial charge in [-0.15, -0.1) is 11.3 Å². The number of hydrogen-bond acceptors (Lipinski definition) is 3. The zero-order valence-corrected chi connectivity index (χ0v) is 35.4. The molecule has 0 saturated carbocycles. The molecule has 0 amide bonds. The Morgan fingerprint density at radius 1 is 0.222 bits per heavy atom. The molecule has 298 valence electrons. The third-order valence-corrected chi connectivity index (χ3v) is 13.1. The average molecular weight is 823 g/mol. The number of rotatable bonds is 10. The lowest BCUT2D eigenvalue weighted by Crippen LogP contribution is -2.15. The van der Waals surface area contributed by atoms with Gasteiger partial charge >= 0.3 is 0 Å². The molecule has 0 saturated heterocycles. The maximum absolute atomic E-state index is 2.51. The van der Waals surface area contributed by atoms with Crippen LogP contribution in [0.25, 0.3) is 64.7 Å². The minimum Gasteiger partial charge on any atom is -0.309 e. The highest BCUT2D eigenvalue weighted by atomic mass is 32.1. The van der Waals surface area contributed by atoms with Crippen molar-refractivity contribution < 1.29 is 0 Å². The molecule has 0 atom stereocenters. The summed E-state index contributed by atoms with van der Waals surface area (Å²) in [4.78, 5) is 4.98. The molecule has 0 aliphatic heterocycles. The monoisotopic (exact) mass is 822 g/mol. The molecule has 3 heteroatoms. The van der Waals surface area contributed by atoms with Gasteiger partial charge in [-0.3, -0.25) is 0 Å². The van der Waals surface area contributed by atoms with Crippen molar-refractivity contribution in [2.24, 2.45) is 0 Å². The van der Waals surface area contributed by atoms with Crippen LogP contribution in [-0.4, -0.2) is 0 Å². The normalized spacial score (nSPS) is 11.2. The Balaban J connectivity index is 1.20. The Morgan fingerprint density at radius 2 is 0.524 bits per heavy atom. The first kappa shape index (κ1) is 38.0. The van der Waals surface area contributed by atoms with Crippen molar-refractivity contribution in [2.45, 2.75) is 0 Å². The summed E-state index contributed by atoms with van der Waals surface area (Å²) >= 11 is 1.86. The maximum Gasteiger partial charge on any atom is 0.0640 e. The summed E-state index contributed by atoms with van der Waals surface area (Å²) in [6.45, 7) is 0. The third kappa shape index (κ3) is 7.05. The summed E-state index contributed by atoms with van der Waals surface area (Å²) in [6, 6.07) is 92.1. The van der Waals surface area contributed by atoms with Crippen molar-refractivity contribution in [1.82, 2.24) is 0 Å². The van der Waals surface area contributed by atoms with Gasteiger partial charge in [0, 0.05) is 43.3 Å². The molecule has 11 aromatic rings. The average Bonchev–Trinajstić information content (AvgIpc) is 3.75. The fourth-order valence-electron chi connectivity index (χ4n) is 9.07. The van der Waals surface area contributed by atoms with Gasteiger partial charge in [0.2, 0.25) is 0 Å². The number of nitrogens with zero attached hydrogens (tertiary/aromatic N) is 2. The van der Waals surface area contributed by atoms with Crippen LogP contribution < -0.4 is 9.80 Å². The van der Waals surface area contributed by atoms with Crippen LogP contribution in [0.5, 0.6) is 0 Å². The first-order valence-corrected chi connectivity index (χ1v) is 22.3. The van der Waals surface area contributed by atoms with E-state index >= 15 is 0 Å². The highest BCUT2D eigenvalue weighted by Gasteiger charge is 2.27. The van der Waals surface area contributed by atoms with Crippen molar-refractivity contribution >= 4 is 65.6 Å². The Labute approximate surface area is 372 Å². The van der Waals surface area contributed by atoms with Gasteiger partial charge in [0.25, 0.3) is 0 Å². The minimum atomic E-state index is 1.08. The van der Waals surface area contributed by atoms with E-state index in [1.54, 1.807) is 0 Å². The largest absolute Gasteiger partial charge is 0.309 e. The van der Waals surface area contributed by atoms with Crippen LogP contribution in [0.1, 0.15) is 0 Å². The third-order valence-electron chi connectivity index (χ3n) is 11.9. The van der Waals surface area contributed by atoms with Crippen molar-refractivity contribution in [3.05, 3.63) is 255 Å². The fraction of sp³-hybridized carbons (Fsp3) is 0. The molecule has 11 rings (SSSR count). The predicted molar refractivity (Wildman–Crippen MR) is 270 cm³/mol. The van der Waals surface area contributed by atoms with Crippen LogP contribution in [0.3, 0.4) is 0 Å². The summed E-state index contributed by atoms with van der Waals surface area (Å²) in [6.07, 6.45) is 0. The molecule has 63 heavy (non-hydrogen) atoms. The summed E-state index contributed by atoms with van der Waals surface area (Å²) in [5.74, 6) is 0.